The molecule has 0 aliphatic rings. The highest BCUT2D eigenvalue weighted by molar-refractivity contribution is 7.17. The van der Waals surface area contributed by atoms with Crippen molar-refractivity contribution in [1.82, 2.24) is 4.98 Å². The van der Waals surface area contributed by atoms with Gasteiger partial charge in [-0.25, -0.2) is 4.98 Å². The van der Waals surface area contributed by atoms with Gasteiger partial charge < -0.3 is 10.5 Å². The fraction of sp³-hybridized carbons (Fsp3) is 0.0714. The number of ether oxygens (including phenoxy) is 1. The molecule has 0 unspecified atom stereocenters. The summed E-state index contributed by atoms with van der Waals surface area (Å²) >= 11 is 1.68. The fourth-order valence-electron chi connectivity index (χ4n) is 1.80. The van der Waals surface area contributed by atoms with E-state index < -0.39 is 0 Å². The number of thiophene rings is 1. The topological polar surface area (TPSA) is 48.1 Å². The summed E-state index contributed by atoms with van der Waals surface area (Å²) in [4.78, 5) is 4.28. The van der Waals surface area contributed by atoms with Crippen LogP contribution in [0.15, 0.2) is 48.0 Å². The highest BCUT2D eigenvalue weighted by atomic mass is 32.1. The normalized spacial score (nSPS) is 10.7. The van der Waals surface area contributed by atoms with Gasteiger partial charge in [0.1, 0.15) is 5.75 Å². The molecule has 4 heteroatoms. The second-order valence-corrected chi connectivity index (χ2v) is 4.85. The van der Waals surface area contributed by atoms with Crippen molar-refractivity contribution in [3.63, 3.8) is 0 Å². The summed E-state index contributed by atoms with van der Waals surface area (Å²) in [7, 11) is 0. The number of nitrogens with zero attached hydrogens (tertiary/aromatic N) is 1. The maximum Gasteiger partial charge on any atom is 0.227 e. The van der Waals surface area contributed by atoms with Gasteiger partial charge in [0.25, 0.3) is 0 Å². The molecule has 3 aromatic rings. The minimum Gasteiger partial charge on any atom is -0.438 e. The van der Waals surface area contributed by atoms with Crippen LogP contribution >= 0.6 is 11.3 Å². The summed E-state index contributed by atoms with van der Waals surface area (Å²) in [6.07, 6.45) is 1.76. The molecule has 90 valence electrons. The van der Waals surface area contributed by atoms with E-state index in [0.29, 0.717) is 12.4 Å². The van der Waals surface area contributed by atoms with Gasteiger partial charge in [-0.1, -0.05) is 12.1 Å². The maximum absolute atomic E-state index is 5.83. The molecule has 0 fully saturated rings. The molecule has 0 spiro atoms. The summed E-state index contributed by atoms with van der Waals surface area (Å²) in [6.45, 7) is 0.507. The average molecular weight is 256 g/mol. The Kier molecular flexibility index (Phi) is 2.96. The van der Waals surface area contributed by atoms with Crippen molar-refractivity contribution >= 4 is 21.4 Å². The Labute approximate surface area is 109 Å². The lowest BCUT2D eigenvalue weighted by Gasteiger charge is -2.06. The second kappa shape index (κ2) is 4.76. The van der Waals surface area contributed by atoms with Crippen LogP contribution < -0.4 is 10.5 Å². The number of benzene rings is 1. The molecule has 0 amide bonds. The molecular weight excluding hydrogens is 244 g/mol. The standard InChI is InChI=1S/C14H12N2OS/c15-9-10-2-1-3-11(8-10)17-14-12-5-7-18-13(12)4-6-16-14/h1-8H,9,15H2. The third-order valence-electron chi connectivity index (χ3n) is 2.69. The molecule has 2 aromatic heterocycles. The second-order valence-electron chi connectivity index (χ2n) is 3.90. The van der Waals surface area contributed by atoms with E-state index in [1.54, 1.807) is 17.5 Å². The van der Waals surface area contributed by atoms with Crippen LogP contribution in [0.5, 0.6) is 11.6 Å². The largest absolute Gasteiger partial charge is 0.438 e. The van der Waals surface area contributed by atoms with E-state index in [1.165, 1.54) is 4.70 Å². The number of hydrogen-bond donors (Lipinski definition) is 1. The molecule has 0 aliphatic heterocycles. The number of fused-ring (bicyclic) bond motifs is 1. The third kappa shape index (κ3) is 2.08. The lowest BCUT2D eigenvalue weighted by Crippen LogP contribution is -1.96. The lowest BCUT2D eigenvalue weighted by atomic mass is 10.2. The zero-order chi connectivity index (χ0) is 12.4. The molecule has 0 saturated carbocycles. The van der Waals surface area contributed by atoms with Crippen LogP contribution in [-0.4, -0.2) is 4.98 Å². The summed E-state index contributed by atoms with van der Waals surface area (Å²) < 4.78 is 7.01. The minimum absolute atomic E-state index is 0.507. The van der Waals surface area contributed by atoms with Crippen LogP contribution in [-0.2, 0) is 6.54 Å². The molecule has 0 atom stereocenters. The monoisotopic (exact) mass is 256 g/mol. The van der Waals surface area contributed by atoms with Crippen molar-refractivity contribution in [3.05, 3.63) is 53.5 Å². The molecule has 0 radical (unpaired) electrons. The van der Waals surface area contributed by atoms with Crippen molar-refractivity contribution in [2.75, 3.05) is 0 Å². The first-order valence-electron chi connectivity index (χ1n) is 5.66. The number of pyridine rings is 1. The predicted octanol–water partition coefficient (Wildman–Crippen LogP) is 3.55. The van der Waals surface area contributed by atoms with Gasteiger partial charge in [0.15, 0.2) is 0 Å². The summed E-state index contributed by atoms with van der Waals surface area (Å²) in [5.41, 5.74) is 6.66. The highest BCUT2D eigenvalue weighted by Crippen LogP contribution is 2.30. The first kappa shape index (κ1) is 11.2. The van der Waals surface area contributed by atoms with Crippen LogP contribution in [0.25, 0.3) is 10.1 Å². The van der Waals surface area contributed by atoms with Crippen molar-refractivity contribution in [2.45, 2.75) is 6.54 Å². The number of nitrogens with two attached hydrogens (primary N) is 1. The van der Waals surface area contributed by atoms with Gasteiger partial charge in [0, 0.05) is 17.4 Å². The molecule has 3 rings (SSSR count). The Bertz CT molecular complexity index is 678. The molecule has 0 saturated heterocycles. The lowest BCUT2D eigenvalue weighted by molar-refractivity contribution is 0.468. The Morgan fingerprint density at radius 1 is 1.22 bits per heavy atom. The number of aromatic nitrogens is 1. The van der Waals surface area contributed by atoms with Crippen LogP contribution in [0.1, 0.15) is 5.56 Å². The molecule has 0 bridgehead atoms. The summed E-state index contributed by atoms with van der Waals surface area (Å²) in [5.74, 6) is 1.41. The smallest absolute Gasteiger partial charge is 0.227 e. The van der Waals surface area contributed by atoms with Crippen molar-refractivity contribution in [3.8, 4) is 11.6 Å². The average Bonchev–Trinajstić information content (AvgIpc) is 2.88. The Morgan fingerprint density at radius 3 is 3.06 bits per heavy atom. The molecular formula is C14H12N2OS. The summed E-state index contributed by atoms with van der Waals surface area (Å²) in [5, 5.41) is 3.08. The van der Waals surface area contributed by atoms with E-state index in [4.69, 9.17) is 10.5 Å². The molecule has 18 heavy (non-hydrogen) atoms. The summed E-state index contributed by atoms with van der Waals surface area (Å²) in [6, 6.07) is 11.8. The van der Waals surface area contributed by atoms with Gasteiger partial charge in [0.05, 0.1) is 5.39 Å². The minimum atomic E-state index is 0.507. The van der Waals surface area contributed by atoms with Gasteiger partial charge in [-0.3, -0.25) is 0 Å². The Balaban J connectivity index is 1.98. The van der Waals surface area contributed by atoms with E-state index in [9.17, 15) is 0 Å². The highest BCUT2D eigenvalue weighted by Gasteiger charge is 2.06. The zero-order valence-electron chi connectivity index (χ0n) is 9.67. The van der Waals surface area contributed by atoms with Gasteiger partial charge in [0.2, 0.25) is 5.88 Å². The molecule has 2 N–H and O–H groups in total. The van der Waals surface area contributed by atoms with Crippen molar-refractivity contribution in [2.24, 2.45) is 5.73 Å². The quantitative estimate of drug-likeness (QED) is 0.779. The van der Waals surface area contributed by atoms with Gasteiger partial charge >= 0.3 is 0 Å². The Hall–Kier alpha value is -1.91. The van der Waals surface area contributed by atoms with Crippen LogP contribution in [0.3, 0.4) is 0 Å². The zero-order valence-corrected chi connectivity index (χ0v) is 10.5. The molecule has 3 nitrogen and oxygen atoms in total. The van der Waals surface area contributed by atoms with Crippen LogP contribution in [0, 0.1) is 0 Å². The maximum atomic E-state index is 5.83. The number of hydrogen-bond acceptors (Lipinski definition) is 4. The Morgan fingerprint density at radius 2 is 2.17 bits per heavy atom. The fourth-order valence-corrected chi connectivity index (χ4v) is 2.57. The van der Waals surface area contributed by atoms with Crippen molar-refractivity contribution in [1.29, 1.82) is 0 Å². The van der Waals surface area contributed by atoms with Gasteiger partial charge in [-0.2, -0.15) is 0 Å². The van der Waals surface area contributed by atoms with E-state index in [-0.39, 0.29) is 0 Å². The number of rotatable bonds is 3. The van der Waals surface area contributed by atoms with Gasteiger partial charge in [-0.05, 0) is 35.2 Å². The van der Waals surface area contributed by atoms with E-state index >= 15 is 0 Å². The van der Waals surface area contributed by atoms with E-state index in [0.717, 1.165) is 16.7 Å². The molecule has 0 aliphatic carbocycles. The molecule has 2 heterocycles. The molecule has 1 aromatic carbocycles. The van der Waals surface area contributed by atoms with E-state index in [2.05, 4.69) is 4.98 Å². The third-order valence-corrected chi connectivity index (χ3v) is 3.57. The van der Waals surface area contributed by atoms with Gasteiger partial charge in [-0.15, -0.1) is 11.3 Å². The predicted molar refractivity (Wildman–Crippen MR) is 74.0 cm³/mol. The van der Waals surface area contributed by atoms with Crippen molar-refractivity contribution < 1.29 is 4.74 Å². The first-order chi connectivity index (χ1) is 8.86. The first-order valence-corrected chi connectivity index (χ1v) is 6.54. The van der Waals surface area contributed by atoms with Crippen LogP contribution in [0.4, 0.5) is 0 Å². The van der Waals surface area contributed by atoms with Crippen LogP contribution in [0.2, 0.25) is 0 Å². The van der Waals surface area contributed by atoms with E-state index in [1.807, 2.05) is 41.8 Å². The SMILES string of the molecule is NCc1cccc(Oc2nccc3sccc23)c1.